The summed E-state index contributed by atoms with van der Waals surface area (Å²) in [5.74, 6) is 0. The van der Waals surface area contributed by atoms with Crippen LogP contribution < -0.4 is 5.32 Å². The van der Waals surface area contributed by atoms with Gasteiger partial charge in [0, 0.05) is 6.20 Å². The van der Waals surface area contributed by atoms with Gasteiger partial charge in [0.05, 0.1) is 0 Å². The van der Waals surface area contributed by atoms with Crippen LogP contribution in [0.4, 0.5) is 4.39 Å². The lowest BCUT2D eigenvalue weighted by atomic mass is 10.4. The summed E-state index contributed by atoms with van der Waals surface area (Å²) in [6.07, 6.45) is 6.27. The van der Waals surface area contributed by atoms with E-state index in [0.717, 1.165) is 0 Å². The van der Waals surface area contributed by atoms with Gasteiger partial charge in [-0.15, -0.1) is 0 Å². The molecule has 1 unspecified atom stereocenters. The molecule has 1 aliphatic rings. The molecule has 8 heavy (non-hydrogen) atoms. The number of hydrogen-bond donors (Lipinski definition) is 1. The molecule has 0 radical (unpaired) electrons. The van der Waals surface area contributed by atoms with Gasteiger partial charge in [-0.2, -0.15) is 0 Å². The van der Waals surface area contributed by atoms with E-state index in [-0.39, 0.29) is 0 Å². The first-order valence-electron chi connectivity index (χ1n) is 2.21. The van der Waals surface area contributed by atoms with Crippen molar-refractivity contribution in [2.45, 2.75) is 4.70 Å². The fraction of sp³-hybridized carbons (Fsp3) is 0.200. The van der Waals surface area contributed by atoms with Crippen molar-refractivity contribution in [1.82, 2.24) is 5.32 Å². The largest absolute Gasteiger partial charge is 0.348 e. The second-order valence-corrected chi connectivity index (χ2v) is 2.64. The van der Waals surface area contributed by atoms with Gasteiger partial charge >= 0.3 is 0 Å². The summed E-state index contributed by atoms with van der Waals surface area (Å²) in [4.78, 5) is 0. The highest BCUT2D eigenvalue weighted by Gasteiger charge is 2.19. The molecule has 0 fully saturated rings. The van der Waals surface area contributed by atoms with Gasteiger partial charge in [-0.05, 0) is 28.1 Å². The SMILES string of the molecule is FC1(Br)C=CC=CN1. The van der Waals surface area contributed by atoms with Gasteiger partial charge in [0.1, 0.15) is 0 Å². The van der Waals surface area contributed by atoms with E-state index in [9.17, 15) is 4.39 Å². The lowest BCUT2D eigenvalue weighted by Crippen LogP contribution is -2.28. The number of halogens is 2. The van der Waals surface area contributed by atoms with Crippen molar-refractivity contribution in [3.05, 3.63) is 24.4 Å². The molecule has 1 N–H and O–H groups in total. The summed E-state index contributed by atoms with van der Waals surface area (Å²) in [6, 6.07) is 0. The van der Waals surface area contributed by atoms with Crippen molar-refractivity contribution in [1.29, 1.82) is 0 Å². The molecule has 1 nitrogen and oxygen atoms in total. The van der Waals surface area contributed by atoms with E-state index in [4.69, 9.17) is 0 Å². The number of allylic oxidation sites excluding steroid dienone is 2. The van der Waals surface area contributed by atoms with E-state index >= 15 is 0 Å². The summed E-state index contributed by atoms with van der Waals surface area (Å²) >= 11 is 2.78. The number of dihydropyridines is 1. The summed E-state index contributed by atoms with van der Waals surface area (Å²) < 4.78 is 11.0. The van der Waals surface area contributed by atoms with Crippen molar-refractivity contribution in [3.63, 3.8) is 0 Å². The average molecular weight is 178 g/mol. The fourth-order valence-corrected chi connectivity index (χ4v) is 0.724. The second kappa shape index (κ2) is 1.90. The van der Waals surface area contributed by atoms with Gasteiger partial charge in [-0.3, -0.25) is 0 Å². The molecule has 0 aromatic rings. The third-order valence-electron chi connectivity index (χ3n) is 0.789. The Hall–Kier alpha value is -0.310. The van der Waals surface area contributed by atoms with E-state index in [1.165, 1.54) is 12.3 Å². The highest BCUT2D eigenvalue weighted by Crippen LogP contribution is 2.19. The van der Waals surface area contributed by atoms with Crippen molar-refractivity contribution in [2.75, 3.05) is 0 Å². The monoisotopic (exact) mass is 177 g/mol. The van der Waals surface area contributed by atoms with Crippen LogP contribution in [0.1, 0.15) is 0 Å². The lowest BCUT2D eigenvalue weighted by molar-refractivity contribution is 0.330. The number of rotatable bonds is 0. The minimum absolute atomic E-state index is 1.38. The average Bonchev–Trinajstić information content (AvgIpc) is 1.65. The van der Waals surface area contributed by atoms with E-state index in [2.05, 4.69) is 21.2 Å². The first-order chi connectivity index (χ1) is 3.71. The van der Waals surface area contributed by atoms with E-state index < -0.39 is 4.70 Å². The van der Waals surface area contributed by atoms with Gasteiger partial charge < -0.3 is 5.32 Å². The zero-order valence-electron chi connectivity index (χ0n) is 4.07. The third-order valence-corrected chi connectivity index (χ3v) is 1.28. The van der Waals surface area contributed by atoms with Crippen LogP contribution in [0.25, 0.3) is 0 Å². The Labute approximate surface area is 55.4 Å². The van der Waals surface area contributed by atoms with Crippen LogP contribution in [0, 0.1) is 0 Å². The lowest BCUT2D eigenvalue weighted by Gasteiger charge is -2.15. The van der Waals surface area contributed by atoms with E-state index in [1.807, 2.05) is 0 Å². The van der Waals surface area contributed by atoms with Gasteiger partial charge in [0.15, 0.2) is 0 Å². The summed E-state index contributed by atoms with van der Waals surface area (Å²) in [5.41, 5.74) is 0. The maximum absolute atomic E-state index is 12.5. The van der Waals surface area contributed by atoms with Crippen LogP contribution >= 0.6 is 15.9 Å². The molecule has 44 valence electrons. The Bertz CT molecular complexity index is 139. The van der Waals surface area contributed by atoms with Gasteiger partial charge in [-0.25, -0.2) is 4.39 Å². The Kier molecular flexibility index (Phi) is 1.38. The second-order valence-electron chi connectivity index (χ2n) is 1.49. The molecule has 0 spiro atoms. The van der Waals surface area contributed by atoms with Gasteiger partial charge in [0.2, 0.25) is 0 Å². The summed E-state index contributed by atoms with van der Waals surface area (Å²) in [6.45, 7) is 0. The standard InChI is InChI=1S/C5H5BrFN/c6-5(7)3-1-2-4-8-5/h1-4,8H. The highest BCUT2D eigenvalue weighted by molar-refractivity contribution is 9.10. The maximum atomic E-state index is 12.5. The van der Waals surface area contributed by atoms with Crippen molar-refractivity contribution in [3.8, 4) is 0 Å². The first kappa shape index (κ1) is 5.82. The molecule has 1 aliphatic heterocycles. The van der Waals surface area contributed by atoms with Crippen LogP contribution in [-0.2, 0) is 0 Å². The van der Waals surface area contributed by atoms with E-state index in [1.54, 1.807) is 12.2 Å². The molecule has 1 heterocycles. The molecule has 0 amide bonds. The molecular weight excluding hydrogens is 173 g/mol. The molecule has 0 aromatic heterocycles. The minimum Gasteiger partial charge on any atom is -0.348 e. The zero-order chi connectivity index (χ0) is 6.04. The van der Waals surface area contributed by atoms with Gasteiger partial charge in [0.25, 0.3) is 4.70 Å². The Balaban J connectivity index is 2.65. The van der Waals surface area contributed by atoms with Crippen LogP contribution in [0.5, 0.6) is 0 Å². The normalized spacial score (nSPS) is 34.8. The van der Waals surface area contributed by atoms with Crippen LogP contribution in [-0.4, -0.2) is 4.70 Å². The minimum atomic E-state index is -1.53. The van der Waals surface area contributed by atoms with Crippen LogP contribution in [0.3, 0.4) is 0 Å². The van der Waals surface area contributed by atoms with E-state index in [0.29, 0.717) is 0 Å². The Morgan fingerprint density at radius 2 is 2.25 bits per heavy atom. The maximum Gasteiger partial charge on any atom is 0.254 e. The first-order valence-corrected chi connectivity index (χ1v) is 3.00. The van der Waals surface area contributed by atoms with Crippen LogP contribution in [0.15, 0.2) is 24.4 Å². The molecule has 3 heteroatoms. The number of nitrogens with one attached hydrogen (secondary N) is 1. The molecule has 1 rings (SSSR count). The van der Waals surface area contributed by atoms with Gasteiger partial charge in [-0.1, -0.05) is 6.08 Å². The molecule has 0 saturated heterocycles. The Morgan fingerprint density at radius 1 is 1.50 bits per heavy atom. The zero-order valence-corrected chi connectivity index (χ0v) is 5.65. The summed E-state index contributed by atoms with van der Waals surface area (Å²) in [7, 11) is 0. The predicted molar refractivity (Wildman–Crippen MR) is 34.2 cm³/mol. The molecule has 0 aromatic carbocycles. The molecule has 0 saturated carbocycles. The van der Waals surface area contributed by atoms with Crippen molar-refractivity contribution >= 4 is 15.9 Å². The van der Waals surface area contributed by atoms with Crippen LogP contribution in [0.2, 0.25) is 0 Å². The predicted octanol–water partition coefficient (Wildman–Crippen LogP) is 1.68. The molecule has 0 aliphatic carbocycles. The smallest absolute Gasteiger partial charge is 0.254 e. The topological polar surface area (TPSA) is 12.0 Å². The highest BCUT2D eigenvalue weighted by atomic mass is 79.9. The number of alkyl halides is 2. The number of hydrogen-bond acceptors (Lipinski definition) is 1. The Morgan fingerprint density at radius 3 is 2.50 bits per heavy atom. The third kappa shape index (κ3) is 1.33. The summed E-state index contributed by atoms with van der Waals surface area (Å²) in [5, 5.41) is 2.44. The molecular formula is C5H5BrFN. The van der Waals surface area contributed by atoms with Crippen molar-refractivity contribution < 1.29 is 4.39 Å². The fourth-order valence-electron chi connectivity index (χ4n) is 0.439. The molecule has 0 bridgehead atoms. The van der Waals surface area contributed by atoms with Crippen molar-refractivity contribution in [2.24, 2.45) is 0 Å². The molecule has 1 atom stereocenters. The quantitative estimate of drug-likeness (QED) is 0.439.